The van der Waals surface area contributed by atoms with Crippen molar-refractivity contribution in [2.24, 2.45) is 5.92 Å². The zero-order valence-electron chi connectivity index (χ0n) is 21.1. The summed E-state index contributed by atoms with van der Waals surface area (Å²) in [4.78, 5) is 25.6. The second-order valence-electron chi connectivity index (χ2n) is 9.49. The molecule has 2 aliphatic rings. The van der Waals surface area contributed by atoms with Crippen LogP contribution in [0.5, 0.6) is 0 Å². The topological polar surface area (TPSA) is 113 Å². The van der Waals surface area contributed by atoms with Crippen LogP contribution in [0.15, 0.2) is 70.6 Å². The Bertz CT molecular complexity index is 1580. The van der Waals surface area contributed by atoms with E-state index in [1.54, 1.807) is 41.2 Å². The average molecular weight is 583 g/mol. The molecule has 1 N–H and O–H groups in total. The number of piperidine rings is 1. The number of carboxylic acids is 1. The Labute approximate surface area is 236 Å². The first-order valence-electron chi connectivity index (χ1n) is 12.4. The summed E-state index contributed by atoms with van der Waals surface area (Å²) < 4.78 is 30.2. The molecule has 3 heterocycles. The van der Waals surface area contributed by atoms with Crippen molar-refractivity contribution in [3.05, 3.63) is 71.3 Å². The number of nitrogens with zero attached hydrogens (tertiary/aromatic N) is 4. The summed E-state index contributed by atoms with van der Waals surface area (Å²) in [7, 11) is -3.69. The Hall–Kier alpha value is -3.32. The molecule has 0 radical (unpaired) electrons. The van der Waals surface area contributed by atoms with E-state index < -0.39 is 28.4 Å². The Morgan fingerprint density at radius 3 is 2.56 bits per heavy atom. The number of benzene rings is 2. The zero-order valence-corrected chi connectivity index (χ0v) is 23.5. The molecule has 39 heavy (non-hydrogen) atoms. The van der Waals surface area contributed by atoms with Crippen molar-refractivity contribution in [2.45, 2.75) is 24.7 Å². The van der Waals surface area contributed by atoms with E-state index in [4.69, 9.17) is 22.4 Å². The van der Waals surface area contributed by atoms with E-state index in [0.29, 0.717) is 35.8 Å². The average Bonchev–Trinajstić information content (AvgIpc) is 3.46. The van der Waals surface area contributed by atoms with Crippen LogP contribution in [-0.2, 0) is 19.6 Å². The number of rotatable bonds is 7. The third-order valence-electron chi connectivity index (χ3n) is 6.70. The van der Waals surface area contributed by atoms with Crippen LogP contribution in [0.1, 0.15) is 25.3 Å². The number of hydrogen-bond donors (Lipinski definition) is 1. The molecule has 3 aromatic rings. The van der Waals surface area contributed by atoms with E-state index in [1.807, 2.05) is 30.3 Å². The van der Waals surface area contributed by atoms with Crippen LogP contribution in [0, 0.1) is 5.92 Å². The summed E-state index contributed by atoms with van der Waals surface area (Å²) in [6.45, 7) is 2.58. The van der Waals surface area contributed by atoms with Gasteiger partial charge in [0.15, 0.2) is 0 Å². The largest absolute Gasteiger partial charge is 0.480 e. The highest BCUT2D eigenvalue weighted by atomic mass is 32.2. The van der Waals surface area contributed by atoms with Crippen molar-refractivity contribution in [1.82, 2.24) is 19.0 Å². The van der Waals surface area contributed by atoms with Crippen LogP contribution in [0.4, 0.5) is 0 Å². The summed E-state index contributed by atoms with van der Waals surface area (Å²) in [6, 6.07) is 16.1. The van der Waals surface area contributed by atoms with Crippen molar-refractivity contribution < 1.29 is 23.1 Å². The quantitative estimate of drug-likeness (QED) is 0.325. The van der Waals surface area contributed by atoms with E-state index in [2.05, 4.69) is 6.92 Å². The Kier molecular flexibility index (Phi) is 7.72. The molecule has 2 aliphatic heterocycles. The van der Waals surface area contributed by atoms with Gasteiger partial charge in [-0.15, -0.1) is 0 Å². The third kappa shape index (κ3) is 5.69. The van der Waals surface area contributed by atoms with Gasteiger partial charge in [0.25, 0.3) is 5.91 Å². The van der Waals surface area contributed by atoms with Gasteiger partial charge >= 0.3 is 5.97 Å². The van der Waals surface area contributed by atoms with E-state index in [-0.39, 0.29) is 14.1 Å². The minimum Gasteiger partial charge on any atom is -0.480 e. The molecule has 0 unspecified atom stereocenters. The van der Waals surface area contributed by atoms with Crippen molar-refractivity contribution in [3.63, 3.8) is 0 Å². The smallest absolute Gasteiger partial charge is 0.323 e. The van der Waals surface area contributed by atoms with Gasteiger partial charge in [-0.3, -0.25) is 14.5 Å². The third-order valence-corrected chi connectivity index (χ3v) is 9.98. The molecule has 1 aromatic heterocycles. The van der Waals surface area contributed by atoms with Crippen molar-refractivity contribution in [1.29, 1.82) is 0 Å². The summed E-state index contributed by atoms with van der Waals surface area (Å²) in [5, 5.41) is 13.9. The maximum atomic E-state index is 13.4. The van der Waals surface area contributed by atoms with Crippen LogP contribution >= 0.6 is 24.0 Å². The van der Waals surface area contributed by atoms with Crippen LogP contribution < -0.4 is 0 Å². The maximum absolute atomic E-state index is 13.4. The molecule has 5 rings (SSSR count). The first-order chi connectivity index (χ1) is 18.6. The Morgan fingerprint density at radius 2 is 1.87 bits per heavy atom. The molecule has 202 valence electrons. The lowest BCUT2D eigenvalue weighted by molar-refractivity contribution is -0.140. The lowest BCUT2D eigenvalue weighted by Crippen LogP contribution is -2.37. The fourth-order valence-electron chi connectivity index (χ4n) is 4.52. The molecule has 2 saturated heterocycles. The number of thioether (sulfide) groups is 1. The Morgan fingerprint density at radius 1 is 1.15 bits per heavy atom. The van der Waals surface area contributed by atoms with Gasteiger partial charge in [0.1, 0.15) is 16.6 Å². The molecule has 0 aliphatic carbocycles. The fraction of sp³-hybridized carbons (Fsp3) is 0.259. The fourth-order valence-corrected chi connectivity index (χ4v) is 7.28. The number of aromatic nitrogens is 2. The molecule has 0 spiro atoms. The van der Waals surface area contributed by atoms with Crippen LogP contribution in [0.3, 0.4) is 0 Å². The maximum Gasteiger partial charge on any atom is 0.323 e. The monoisotopic (exact) mass is 582 g/mol. The predicted octanol–water partition coefficient (Wildman–Crippen LogP) is 4.25. The van der Waals surface area contributed by atoms with Gasteiger partial charge in [-0.1, -0.05) is 61.2 Å². The van der Waals surface area contributed by atoms with Gasteiger partial charge in [-0.25, -0.2) is 13.1 Å². The second-order valence-corrected chi connectivity index (χ2v) is 13.1. The highest BCUT2D eigenvalue weighted by Crippen LogP contribution is 2.35. The number of aliphatic carboxylic acids is 1. The van der Waals surface area contributed by atoms with Gasteiger partial charge in [-0.05, 0) is 49.1 Å². The summed E-state index contributed by atoms with van der Waals surface area (Å²) >= 11 is 6.26. The molecule has 2 aromatic carbocycles. The number of thiocarbonyl (C=S) groups is 1. The van der Waals surface area contributed by atoms with Gasteiger partial charge in [0.2, 0.25) is 10.0 Å². The minimum atomic E-state index is -3.69. The first-order valence-corrected chi connectivity index (χ1v) is 15.0. The SMILES string of the molecule is CC1CCN(S(=O)(=O)c2cccc(-c3nn(-c4ccccc4)cc3/C=C3\SC(=S)N(CC(=O)O)C3=O)c2)CC1. The Balaban J connectivity index is 1.56. The van der Waals surface area contributed by atoms with Crippen molar-refractivity contribution in [2.75, 3.05) is 19.6 Å². The molecule has 2 fully saturated rings. The number of carbonyl (C=O) groups excluding carboxylic acids is 1. The van der Waals surface area contributed by atoms with E-state index in [0.717, 1.165) is 35.2 Å². The lowest BCUT2D eigenvalue weighted by atomic mass is 10.0. The lowest BCUT2D eigenvalue weighted by Gasteiger charge is -2.29. The second kappa shape index (κ2) is 11.0. The number of amides is 1. The van der Waals surface area contributed by atoms with Crippen molar-refractivity contribution >= 4 is 56.3 Å². The van der Waals surface area contributed by atoms with E-state index in [1.165, 1.54) is 4.31 Å². The van der Waals surface area contributed by atoms with Gasteiger partial charge < -0.3 is 5.11 Å². The van der Waals surface area contributed by atoms with Gasteiger partial charge in [0.05, 0.1) is 15.5 Å². The predicted molar refractivity (Wildman–Crippen MR) is 154 cm³/mol. The van der Waals surface area contributed by atoms with E-state index >= 15 is 0 Å². The van der Waals surface area contributed by atoms with Crippen LogP contribution in [0.25, 0.3) is 23.0 Å². The number of sulfonamides is 1. The molecule has 12 heteroatoms. The summed E-state index contributed by atoms with van der Waals surface area (Å²) in [6.07, 6.45) is 5.02. The normalized spacial score (nSPS) is 18.3. The molecule has 0 saturated carbocycles. The standard InChI is InChI=1S/C27H26N4O5S3/c1-18-10-12-29(13-11-18)39(35,36)22-9-5-6-19(14-22)25-20(16-31(28-25)21-7-3-2-4-8-21)15-23-26(34)30(17-24(32)33)27(37)38-23/h2-9,14-16,18H,10-13,17H2,1H3,(H,32,33)/b23-15-. The van der Waals surface area contributed by atoms with Gasteiger partial charge in [0, 0.05) is 30.4 Å². The number of carbonyl (C=O) groups is 2. The number of para-hydroxylation sites is 1. The molecular weight excluding hydrogens is 557 g/mol. The molecule has 0 atom stereocenters. The van der Waals surface area contributed by atoms with Crippen molar-refractivity contribution in [3.8, 4) is 16.9 Å². The molecular formula is C27H26N4O5S3. The number of hydrogen-bond acceptors (Lipinski definition) is 7. The van der Waals surface area contributed by atoms with Crippen LogP contribution in [-0.4, -0.2) is 68.3 Å². The highest BCUT2D eigenvalue weighted by molar-refractivity contribution is 8.26. The highest BCUT2D eigenvalue weighted by Gasteiger charge is 2.34. The molecule has 1 amide bonds. The zero-order chi connectivity index (χ0) is 27.7. The minimum absolute atomic E-state index is 0.162. The van der Waals surface area contributed by atoms with Gasteiger partial charge in [-0.2, -0.15) is 9.40 Å². The summed E-state index contributed by atoms with van der Waals surface area (Å²) in [5.41, 5.74) is 2.40. The first kappa shape index (κ1) is 27.3. The molecule has 0 bridgehead atoms. The molecule has 9 nitrogen and oxygen atoms in total. The van der Waals surface area contributed by atoms with Crippen LogP contribution in [0.2, 0.25) is 0 Å². The summed E-state index contributed by atoms with van der Waals surface area (Å²) in [5.74, 6) is -1.16. The van der Waals surface area contributed by atoms with E-state index in [9.17, 15) is 18.0 Å². The number of carboxylic acid groups (broad SMARTS) is 1.